The largest absolute Gasteiger partial charge is 0.384 e. The summed E-state index contributed by atoms with van der Waals surface area (Å²) in [5, 5.41) is 2.85. The molecule has 0 aliphatic heterocycles. The molecule has 0 radical (unpaired) electrons. The minimum Gasteiger partial charge on any atom is -0.384 e. The molecule has 112 valence electrons. The zero-order valence-electron chi connectivity index (χ0n) is 13.2. The molecule has 0 saturated heterocycles. The molecule has 3 N–H and O–H groups in total. The predicted molar refractivity (Wildman–Crippen MR) is 80.8 cm³/mol. The second-order valence-corrected chi connectivity index (χ2v) is 6.56. The van der Waals surface area contributed by atoms with Gasteiger partial charge in [0.15, 0.2) is 0 Å². The van der Waals surface area contributed by atoms with E-state index in [4.69, 9.17) is 10.5 Å². The van der Waals surface area contributed by atoms with Crippen LogP contribution in [0.25, 0.3) is 0 Å². The smallest absolute Gasteiger partial charge is 0.251 e. The Hall–Kier alpha value is -1.62. The molecule has 5 heteroatoms. The Kier molecular flexibility index (Phi) is 4.76. The number of aromatic nitrogens is 1. The van der Waals surface area contributed by atoms with Gasteiger partial charge in [-0.05, 0) is 26.0 Å². The minimum atomic E-state index is -0.402. The Labute approximate surface area is 120 Å². The Morgan fingerprint density at radius 3 is 2.40 bits per heavy atom. The summed E-state index contributed by atoms with van der Waals surface area (Å²) in [6.45, 7) is 10.3. The highest BCUT2D eigenvalue weighted by atomic mass is 16.5. The summed E-state index contributed by atoms with van der Waals surface area (Å²) in [5.74, 6) is 0.184. The fourth-order valence-electron chi connectivity index (χ4n) is 1.53. The summed E-state index contributed by atoms with van der Waals surface area (Å²) in [7, 11) is 1.62. The highest BCUT2D eigenvalue weighted by Crippen LogP contribution is 2.22. The fourth-order valence-corrected chi connectivity index (χ4v) is 1.53. The van der Waals surface area contributed by atoms with Crippen molar-refractivity contribution in [3.05, 3.63) is 23.4 Å². The van der Waals surface area contributed by atoms with E-state index < -0.39 is 5.60 Å². The van der Waals surface area contributed by atoms with E-state index in [9.17, 15) is 4.79 Å². The predicted octanol–water partition coefficient (Wildman–Crippen LogP) is 2.12. The summed E-state index contributed by atoms with van der Waals surface area (Å²) in [6.07, 6.45) is 0. The molecule has 0 aromatic carbocycles. The number of nitrogens with two attached hydrogens (primary N) is 1. The van der Waals surface area contributed by atoms with E-state index in [1.165, 1.54) is 0 Å². The summed E-state index contributed by atoms with van der Waals surface area (Å²) < 4.78 is 5.27. The van der Waals surface area contributed by atoms with Crippen LogP contribution in [0.2, 0.25) is 0 Å². The van der Waals surface area contributed by atoms with Crippen LogP contribution in [0.4, 0.5) is 5.82 Å². The van der Waals surface area contributed by atoms with Crippen molar-refractivity contribution in [2.75, 3.05) is 19.4 Å². The van der Waals surface area contributed by atoms with Gasteiger partial charge in [-0.25, -0.2) is 4.98 Å². The van der Waals surface area contributed by atoms with Gasteiger partial charge in [-0.3, -0.25) is 4.79 Å². The normalized spacial score (nSPS) is 12.3. The van der Waals surface area contributed by atoms with Crippen LogP contribution in [0.1, 0.15) is 50.7 Å². The van der Waals surface area contributed by atoms with Gasteiger partial charge in [0.05, 0.1) is 5.60 Å². The van der Waals surface area contributed by atoms with Gasteiger partial charge in [-0.2, -0.15) is 0 Å². The van der Waals surface area contributed by atoms with Gasteiger partial charge < -0.3 is 15.8 Å². The fraction of sp³-hybridized carbons (Fsp3) is 0.600. The van der Waals surface area contributed by atoms with E-state index in [2.05, 4.69) is 10.3 Å². The Bertz CT molecular complexity index is 490. The molecular formula is C15H25N3O2. The molecule has 0 saturated carbocycles. The Morgan fingerprint density at radius 1 is 1.30 bits per heavy atom. The molecule has 1 aromatic heterocycles. The number of pyridine rings is 1. The number of nitrogen functional groups attached to an aromatic ring is 1. The van der Waals surface area contributed by atoms with E-state index in [-0.39, 0.29) is 11.3 Å². The van der Waals surface area contributed by atoms with Crippen LogP contribution in [-0.2, 0) is 10.2 Å². The van der Waals surface area contributed by atoms with Crippen LogP contribution in [-0.4, -0.2) is 30.1 Å². The highest BCUT2D eigenvalue weighted by Gasteiger charge is 2.21. The first-order valence-corrected chi connectivity index (χ1v) is 6.66. The number of rotatable bonds is 4. The van der Waals surface area contributed by atoms with Crippen molar-refractivity contribution in [3.8, 4) is 0 Å². The second kappa shape index (κ2) is 5.79. The monoisotopic (exact) mass is 279 g/mol. The van der Waals surface area contributed by atoms with Crippen molar-refractivity contribution in [3.63, 3.8) is 0 Å². The van der Waals surface area contributed by atoms with E-state index in [0.717, 1.165) is 5.69 Å². The second-order valence-electron chi connectivity index (χ2n) is 6.56. The number of carbonyl (C=O) groups is 1. The first kappa shape index (κ1) is 16.4. The van der Waals surface area contributed by atoms with Crippen molar-refractivity contribution in [2.45, 2.75) is 45.6 Å². The lowest BCUT2D eigenvalue weighted by atomic mass is 9.90. The molecule has 20 heavy (non-hydrogen) atoms. The van der Waals surface area contributed by atoms with Crippen LogP contribution in [0, 0.1) is 0 Å². The molecule has 0 spiro atoms. The van der Waals surface area contributed by atoms with E-state index in [1.54, 1.807) is 19.2 Å². The third kappa shape index (κ3) is 4.49. The molecule has 1 rings (SSSR count). The lowest BCUT2D eigenvalue weighted by Crippen LogP contribution is -2.39. The summed E-state index contributed by atoms with van der Waals surface area (Å²) in [4.78, 5) is 16.5. The van der Waals surface area contributed by atoms with Crippen molar-refractivity contribution in [1.29, 1.82) is 0 Å². The van der Waals surface area contributed by atoms with Crippen LogP contribution >= 0.6 is 0 Å². The number of nitrogens with zero attached hydrogens (tertiary/aromatic N) is 1. The van der Waals surface area contributed by atoms with Crippen molar-refractivity contribution < 1.29 is 9.53 Å². The molecular weight excluding hydrogens is 254 g/mol. The number of nitrogens with one attached hydrogen (secondary N) is 1. The molecule has 0 aliphatic rings. The zero-order valence-corrected chi connectivity index (χ0v) is 13.2. The molecule has 1 aromatic rings. The van der Waals surface area contributed by atoms with Crippen LogP contribution < -0.4 is 11.1 Å². The van der Waals surface area contributed by atoms with Crippen molar-refractivity contribution in [1.82, 2.24) is 10.3 Å². The number of methoxy groups -OCH3 is 1. The van der Waals surface area contributed by atoms with E-state index in [1.807, 2.05) is 34.6 Å². The number of hydrogen-bond acceptors (Lipinski definition) is 4. The number of carbonyl (C=O) groups excluding carboxylic acids is 1. The molecule has 0 bridgehead atoms. The number of hydrogen-bond donors (Lipinski definition) is 2. The molecule has 0 unspecified atom stereocenters. The van der Waals surface area contributed by atoms with Crippen molar-refractivity contribution >= 4 is 11.7 Å². The Balaban J connectivity index is 2.91. The molecule has 1 heterocycles. The van der Waals surface area contributed by atoms with E-state index >= 15 is 0 Å². The lowest BCUT2D eigenvalue weighted by molar-refractivity contribution is 0.0229. The third-order valence-corrected chi connectivity index (χ3v) is 3.10. The quantitative estimate of drug-likeness (QED) is 0.885. The SMILES string of the molecule is COC(C)(C)CNC(=O)c1cc(N)nc(C(C)(C)C)c1. The van der Waals surface area contributed by atoms with E-state index in [0.29, 0.717) is 17.9 Å². The summed E-state index contributed by atoms with van der Waals surface area (Å²) >= 11 is 0. The molecule has 1 amide bonds. The molecule has 0 aliphatic carbocycles. The minimum absolute atomic E-state index is 0.157. The number of anilines is 1. The van der Waals surface area contributed by atoms with Gasteiger partial charge in [0.1, 0.15) is 5.82 Å². The average Bonchev–Trinajstić information content (AvgIpc) is 2.34. The van der Waals surface area contributed by atoms with Gasteiger partial charge in [0.25, 0.3) is 5.91 Å². The summed E-state index contributed by atoms with van der Waals surface area (Å²) in [5.41, 5.74) is 6.55. The molecule has 0 atom stereocenters. The van der Waals surface area contributed by atoms with Gasteiger partial charge >= 0.3 is 0 Å². The molecule has 5 nitrogen and oxygen atoms in total. The van der Waals surface area contributed by atoms with Gasteiger partial charge in [0, 0.05) is 30.3 Å². The van der Waals surface area contributed by atoms with Crippen LogP contribution in [0.3, 0.4) is 0 Å². The van der Waals surface area contributed by atoms with Crippen LogP contribution in [0.5, 0.6) is 0 Å². The van der Waals surface area contributed by atoms with Gasteiger partial charge in [-0.15, -0.1) is 0 Å². The maximum atomic E-state index is 12.2. The standard InChI is InChI=1S/C15H25N3O2/c1-14(2,3)11-7-10(8-12(16)18-11)13(19)17-9-15(4,5)20-6/h7-8H,9H2,1-6H3,(H2,16,18)(H,17,19). The molecule has 0 fully saturated rings. The maximum absolute atomic E-state index is 12.2. The third-order valence-electron chi connectivity index (χ3n) is 3.10. The van der Waals surface area contributed by atoms with Gasteiger partial charge in [-0.1, -0.05) is 20.8 Å². The van der Waals surface area contributed by atoms with Gasteiger partial charge in [0.2, 0.25) is 0 Å². The lowest BCUT2D eigenvalue weighted by Gasteiger charge is -2.23. The maximum Gasteiger partial charge on any atom is 0.251 e. The van der Waals surface area contributed by atoms with Crippen LogP contribution in [0.15, 0.2) is 12.1 Å². The summed E-state index contributed by atoms with van der Waals surface area (Å²) in [6, 6.07) is 3.37. The highest BCUT2D eigenvalue weighted by molar-refractivity contribution is 5.95. The van der Waals surface area contributed by atoms with Crippen molar-refractivity contribution in [2.24, 2.45) is 0 Å². The first-order chi connectivity index (χ1) is 9.05. The number of amides is 1. The average molecular weight is 279 g/mol. The topological polar surface area (TPSA) is 77.2 Å². The first-order valence-electron chi connectivity index (χ1n) is 6.66. The number of ether oxygens (including phenoxy) is 1. The Morgan fingerprint density at radius 2 is 1.90 bits per heavy atom. The zero-order chi connectivity index (χ0) is 15.6.